The third-order valence-electron chi connectivity index (χ3n) is 6.05. The predicted molar refractivity (Wildman–Crippen MR) is 150 cm³/mol. The molecule has 0 spiro atoms. The molecule has 216 valence electrons. The molecule has 2 rings (SSSR count). The summed E-state index contributed by atoms with van der Waals surface area (Å²) in [5.41, 5.74) is -0.488. The van der Waals surface area contributed by atoms with E-state index in [1.807, 2.05) is 34.6 Å². The number of benzene rings is 1. The number of rotatable bonds is 10. The van der Waals surface area contributed by atoms with E-state index in [4.69, 9.17) is 9.47 Å². The van der Waals surface area contributed by atoms with Crippen molar-refractivity contribution in [2.24, 2.45) is 17.3 Å². The van der Waals surface area contributed by atoms with Gasteiger partial charge in [0.15, 0.2) is 6.10 Å². The van der Waals surface area contributed by atoms with Gasteiger partial charge in [0.25, 0.3) is 5.56 Å². The lowest BCUT2D eigenvalue weighted by molar-refractivity contribution is -0.176. The van der Waals surface area contributed by atoms with E-state index in [-0.39, 0.29) is 24.0 Å². The molecule has 3 atom stereocenters. The smallest absolute Gasteiger partial charge is 0.336 e. The van der Waals surface area contributed by atoms with E-state index in [1.165, 1.54) is 7.05 Å². The van der Waals surface area contributed by atoms with Gasteiger partial charge in [0, 0.05) is 7.05 Å². The Labute approximate surface area is 230 Å². The molecular formula is C29H44N4O6. The summed E-state index contributed by atoms with van der Waals surface area (Å²) in [4.78, 5) is 59.2. The standard InChI is InChI=1S/C29H44N4O6/c1-16(2)13-20(25(35)33-23(26(36)30-10)28(4,5)6)22(27(37)39-29(7,8)9)38-15-18-11-12-21-19(14-18)24(34)32-17(3)31-21/h11-12,14,16,20,22-23H,13,15H2,1-10H3,(H,30,36)(H,33,35)(H,31,32,34)/t20-,22+,23-/m1/s1. The van der Waals surface area contributed by atoms with Crippen molar-refractivity contribution < 1.29 is 23.9 Å². The van der Waals surface area contributed by atoms with Gasteiger partial charge in [-0.25, -0.2) is 9.78 Å². The van der Waals surface area contributed by atoms with Gasteiger partial charge in [0.05, 0.1) is 23.4 Å². The summed E-state index contributed by atoms with van der Waals surface area (Å²) in [6, 6.07) is 4.31. The third-order valence-corrected chi connectivity index (χ3v) is 6.05. The number of esters is 1. The molecule has 1 heterocycles. The molecule has 2 aromatic rings. The van der Waals surface area contributed by atoms with Crippen molar-refractivity contribution >= 4 is 28.7 Å². The molecule has 0 aliphatic rings. The van der Waals surface area contributed by atoms with Crippen molar-refractivity contribution in [1.29, 1.82) is 0 Å². The molecule has 39 heavy (non-hydrogen) atoms. The van der Waals surface area contributed by atoms with Crippen molar-refractivity contribution in [2.45, 2.75) is 93.1 Å². The zero-order chi connectivity index (χ0) is 29.7. The van der Waals surface area contributed by atoms with E-state index < -0.39 is 41.0 Å². The van der Waals surface area contributed by atoms with Crippen molar-refractivity contribution in [3.05, 3.63) is 39.9 Å². The van der Waals surface area contributed by atoms with E-state index >= 15 is 0 Å². The van der Waals surface area contributed by atoms with Crippen LogP contribution in [0.5, 0.6) is 0 Å². The molecule has 0 fully saturated rings. The van der Waals surface area contributed by atoms with Crippen LogP contribution in [0.25, 0.3) is 10.9 Å². The Morgan fingerprint density at radius 1 is 1.05 bits per heavy atom. The van der Waals surface area contributed by atoms with Crippen LogP contribution in [0, 0.1) is 24.2 Å². The second kappa shape index (κ2) is 12.7. The summed E-state index contributed by atoms with van der Waals surface area (Å²) >= 11 is 0. The Morgan fingerprint density at radius 3 is 2.23 bits per heavy atom. The van der Waals surface area contributed by atoms with E-state index in [0.29, 0.717) is 28.7 Å². The van der Waals surface area contributed by atoms with Crippen molar-refractivity contribution in [3.63, 3.8) is 0 Å². The van der Waals surface area contributed by atoms with Crippen LogP contribution in [0.2, 0.25) is 0 Å². The first kappa shape index (κ1) is 31.9. The molecule has 10 nitrogen and oxygen atoms in total. The highest BCUT2D eigenvalue weighted by atomic mass is 16.6. The maximum absolute atomic E-state index is 13.7. The van der Waals surface area contributed by atoms with E-state index in [9.17, 15) is 19.2 Å². The average Bonchev–Trinajstić information content (AvgIpc) is 2.79. The zero-order valence-electron chi connectivity index (χ0n) is 24.9. The number of H-pyrrole nitrogens is 1. The van der Waals surface area contributed by atoms with Gasteiger partial charge in [-0.15, -0.1) is 0 Å². The minimum atomic E-state index is -1.25. The number of carbonyl (C=O) groups excluding carboxylic acids is 3. The number of carbonyl (C=O) groups is 3. The van der Waals surface area contributed by atoms with Crippen LogP contribution in [0.15, 0.2) is 23.0 Å². The Hall–Kier alpha value is -3.27. The first-order valence-corrected chi connectivity index (χ1v) is 13.3. The number of aryl methyl sites for hydroxylation is 1. The first-order valence-electron chi connectivity index (χ1n) is 13.3. The Kier molecular flexibility index (Phi) is 10.4. The summed E-state index contributed by atoms with van der Waals surface area (Å²) in [5, 5.41) is 5.85. The molecule has 2 amide bonds. The number of amides is 2. The van der Waals surface area contributed by atoms with Crippen LogP contribution in [0.3, 0.4) is 0 Å². The van der Waals surface area contributed by atoms with Crippen molar-refractivity contribution in [3.8, 4) is 0 Å². The van der Waals surface area contributed by atoms with Gasteiger partial charge in [-0.05, 0) is 63.1 Å². The SMILES string of the molecule is CNC(=O)[C@@H](NC(=O)[C@H](CC(C)C)[C@H](OCc1ccc2nc(C)[nH]c(=O)c2c1)C(=O)OC(C)(C)C)C(C)(C)C. The predicted octanol–water partition coefficient (Wildman–Crippen LogP) is 3.40. The molecular weight excluding hydrogens is 500 g/mol. The van der Waals surface area contributed by atoms with Crippen molar-refractivity contribution in [1.82, 2.24) is 20.6 Å². The molecule has 3 N–H and O–H groups in total. The second-order valence-electron chi connectivity index (χ2n) is 12.4. The molecule has 0 aliphatic carbocycles. The quantitative estimate of drug-likeness (QED) is 0.390. The fraction of sp³-hybridized carbons (Fsp3) is 0.621. The summed E-state index contributed by atoms with van der Waals surface area (Å²) in [6.45, 7) is 16.3. The normalized spacial score (nSPS) is 14.5. The highest BCUT2D eigenvalue weighted by Crippen LogP contribution is 2.26. The number of fused-ring (bicyclic) bond motifs is 1. The maximum atomic E-state index is 13.7. The van der Waals surface area contributed by atoms with Gasteiger partial charge >= 0.3 is 5.97 Å². The highest BCUT2D eigenvalue weighted by Gasteiger charge is 2.41. The number of likely N-dealkylation sites (N-methyl/N-ethyl adjacent to an activating group) is 1. The Balaban J connectivity index is 2.45. The van der Waals surface area contributed by atoms with Crippen LogP contribution in [0.1, 0.15) is 73.2 Å². The summed E-state index contributed by atoms with van der Waals surface area (Å²) in [5.74, 6) is -1.86. The van der Waals surface area contributed by atoms with E-state index in [0.717, 1.165) is 0 Å². The topological polar surface area (TPSA) is 139 Å². The number of hydrogen-bond donors (Lipinski definition) is 3. The number of hydrogen-bond acceptors (Lipinski definition) is 7. The molecule has 0 radical (unpaired) electrons. The van der Waals surface area contributed by atoms with Gasteiger partial charge < -0.3 is 25.1 Å². The molecule has 0 saturated heterocycles. The molecule has 10 heteroatoms. The minimum Gasteiger partial charge on any atom is -0.458 e. The Bertz CT molecular complexity index is 1240. The third kappa shape index (κ3) is 9.16. The lowest BCUT2D eigenvalue weighted by atomic mass is 9.84. The largest absolute Gasteiger partial charge is 0.458 e. The van der Waals surface area contributed by atoms with E-state index in [2.05, 4.69) is 20.6 Å². The van der Waals surface area contributed by atoms with E-state index in [1.54, 1.807) is 45.9 Å². The molecule has 0 bridgehead atoms. The number of nitrogens with one attached hydrogen (secondary N) is 3. The van der Waals surface area contributed by atoms with Gasteiger partial charge in [-0.2, -0.15) is 0 Å². The summed E-state index contributed by atoms with van der Waals surface area (Å²) in [6.07, 6.45) is -0.928. The Morgan fingerprint density at radius 2 is 1.69 bits per heavy atom. The number of ether oxygens (including phenoxy) is 2. The molecule has 1 aromatic heterocycles. The lowest BCUT2D eigenvalue weighted by Gasteiger charge is -2.34. The van der Waals surface area contributed by atoms with Gasteiger partial charge in [-0.3, -0.25) is 14.4 Å². The fourth-order valence-corrected chi connectivity index (χ4v) is 4.23. The van der Waals surface area contributed by atoms with Crippen LogP contribution in [0.4, 0.5) is 0 Å². The monoisotopic (exact) mass is 544 g/mol. The first-order chi connectivity index (χ1) is 17.9. The second-order valence-corrected chi connectivity index (χ2v) is 12.4. The van der Waals surface area contributed by atoms with Gasteiger partial charge in [0.2, 0.25) is 11.8 Å². The maximum Gasteiger partial charge on any atom is 0.336 e. The number of aromatic nitrogens is 2. The average molecular weight is 545 g/mol. The lowest BCUT2D eigenvalue weighted by Crippen LogP contribution is -2.56. The molecule has 0 aliphatic heterocycles. The number of nitrogens with zero attached hydrogens (tertiary/aromatic N) is 1. The fourth-order valence-electron chi connectivity index (χ4n) is 4.23. The summed E-state index contributed by atoms with van der Waals surface area (Å²) in [7, 11) is 1.51. The van der Waals surface area contributed by atoms with Crippen LogP contribution >= 0.6 is 0 Å². The van der Waals surface area contributed by atoms with Crippen molar-refractivity contribution in [2.75, 3.05) is 7.05 Å². The molecule has 1 aromatic carbocycles. The minimum absolute atomic E-state index is 0.0379. The summed E-state index contributed by atoms with van der Waals surface area (Å²) < 4.78 is 11.8. The van der Waals surface area contributed by atoms with Crippen LogP contribution < -0.4 is 16.2 Å². The zero-order valence-corrected chi connectivity index (χ0v) is 24.9. The number of aromatic amines is 1. The van der Waals surface area contributed by atoms with Crippen LogP contribution in [-0.4, -0.2) is 52.5 Å². The highest BCUT2D eigenvalue weighted by molar-refractivity contribution is 5.91. The molecule has 0 unspecified atom stereocenters. The van der Waals surface area contributed by atoms with Gasteiger partial charge in [-0.1, -0.05) is 40.7 Å². The van der Waals surface area contributed by atoms with Crippen LogP contribution in [-0.2, 0) is 30.5 Å². The van der Waals surface area contributed by atoms with Gasteiger partial charge in [0.1, 0.15) is 17.5 Å². The molecule has 0 saturated carbocycles.